The van der Waals surface area contributed by atoms with E-state index in [0.29, 0.717) is 24.7 Å². The Bertz CT molecular complexity index is 409. The van der Waals surface area contributed by atoms with Crippen LogP contribution in [0.15, 0.2) is 24.3 Å². The molecular formula is C12H15ClN2O2. The van der Waals surface area contributed by atoms with Crippen molar-refractivity contribution in [1.82, 2.24) is 4.90 Å². The van der Waals surface area contributed by atoms with Crippen molar-refractivity contribution in [3.05, 3.63) is 29.3 Å². The first-order valence-corrected chi connectivity index (χ1v) is 5.83. The van der Waals surface area contributed by atoms with Crippen LogP contribution in [-0.4, -0.2) is 41.1 Å². The van der Waals surface area contributed by atoms with Gasteiger partial charge in [-0.15, -0.1) is 0 Å². The average molecular weight is 255 g/mol. The van der Waals surface area contributed by atoms with Crippen LogP contribution >= 0.6 is 11.6 Å². The molecule has 0 atom stereocenters. The molecule has 4 nitrogen and oxygen atoms in total. The number of halogens is 1. The average Bonchev–Trinajstić information content (AvgIpc) is 2.18. The highest BCUT2D eigenvalue weighted by Crippen LogP contribution is 2.19. The molecule has 1 aliphatic heterocycles. The van der Waals surface area contributed by atoms with E-state index in [-0.39, 0.29) is 5.91 Å². The molecule has 1 saturated heterocycles. The molecule has 2 N–H and O–H groups in total. The first-order chi connectivity index (χ1) is 7.94. The van der Waals surface area contributed by atoms with Gasteiger partial charge in [0, 0.05) is 23.8 Å². The van der Waals surface area contributed by atoms with Crippen LogP contribution < -0.4 is 5.32 Å². The lowest BCUT2D eigenvalue weighted by molar-refractivity contribution is -0.125. The van der Waals surface area contributed by atoms with Gasteiger partial charge < -0.3 is 10.4 Å². The molecule has 2 rings (SSSR count). The summed E-state index contributed by atoms with van der Waals surface area (Å²) in [5.41, 5.74) is 0.0901. The van der Waals surface area contributed by atoms with E-state index >= 15 is 0 Å². The largest absolute Gasteiger partial charge is 0.388 e. The summed E-state index contributed by atoms with van der Waals surface area (Å²) >= 11 is 5.75. The van der Waals surface area contributed by atoms with Crippen molar-refractivity contribution >= 4 is 23.2 Å². The predicted octanol–water partition coefficient (Wildman–Crippen LogP) is 1.35. The molecule has 0 spiro atoms. The topological polar surface area (TPSA) is 52.6 Å². The van der Waals surface area contributed by atoms with Gasteiger partial charge in [-0.25, -0.2) is 0 Å². The molecule has 0 bridgehead atoms. The maximum absolute atomic E-state index is 11.6. The van der Waals surface area contributed by atoms with Gasteiger partial charge in [-0.05, 0) is 31.2 Å². The third-order valence-electron chi connectivity index (χ3n) is 2.62. The molecule has 1 fully saturated rings. The van der Waals surface area contributed by atoms with Gasteiger partial charge in [0.1, 0.15) is 0 Å². The molecule has 92 valence electrons. The zero-order chi connectivity index (χ0) is 12.5. The van der Waals surface area contributed by atoms with Gasteiger partial charge in [-0.2, -0.15) is 0 Å². The fourth-order valence-corrected chi connectivity index (χ4v) is 2.09. The number of anilines is 1. The number of benzene rings is 1. The number of carbonyl (C=O) groups is 1. The number of carbonyl (C=O) groups excluding carboxylic acids is 1. The van der Waals surface area contributed by atoms with Crippen molar-refractivity contribution in [2.45, 2.75) is 12.5 Å². The van der Waals surface area contributed by atoms with E-state index in [1.807, 2.05) is 4.90 Å². The minimum Gasteiger partial charge on any atom is -0.388 e. The third-order valence-corrected chi connectivity index (χ3v) is 2.88. The van der Waals surface area contributed by atoms with Crippen molar-refractivity contribution in [2.24, 2.45) is 0 Å². The van der Waals surface area contributed by atoms with Crippen molar-refractivity contribution in [3.8, 4) is 0 Å². The lowest BCUT2D eigenvalue weighted by Gasteiger charge is -2.43. The lowest BCUT2D eigenvalue weighted by atomic mass is 9.97. The van der Waals surface area contributed by atoms with Crippen molar-refractivity contribution in [1.29, 1.82) is 0 Å². The number of hydrogen-bond acceptors (Lipinski definition) is 3. The van der Waals surface area contributed by atoms with Gasteiger partial charge in [-0.1, -0.05) is 11.6 Å². The molecule has 1 heterocycles. The van der Waals surface area contributed by atoms with Gasteiger partial charge >= 0.3 is 0 Å². The van der Waals surface area contributed by atoms with Gasteiger partial charge in [0.15, 0.2) is 0 Å². The van der Waals surface area contributed by atoms with Crippen molar-refractivity contribution < 1.29 is 9.90 Å². The van der Waals surface area contributed by atoms with Crippen molar-refractivity contribution in [3.63, 3.8) is 0 Å². The highest BCUT2D eigenvalue weighted by molar-refractivity contribution is 6.30. The molecule has 1 aliphatic rings. The molecule has 1 aromatic rings. The number of rotatable bonds is 3. The van der Waals surface area contributed by atoms with Gasteiger partial charge in [0.05, 0.1) is 12.1 Å². The second kappa shape index (κ2) is 4.64. The number of likely N-dealkylation sites (tertiary alicyclic amines) is 1. The molecule has 17 heavy (non-hydrogen) atoms. The molecule has 1 aromatic carbocycles. The van der Waals surface area contributed by atoms with E-state index in [4.69, 9.17) is 11.6 Å². The Balaban J connectivity index is 1.80. The maximum atomic E-state index is 11.6. The van der Waals surface area contributed by atoms with Crippen LogP contribution in [0.4, 0.5) is 5.69 Å². The summed E-state index contributed by atoms with van der Waals surface area (Å²) in [7, 11) is 0. The van der Waals surface area contributed by atoms with Gasteiger partial charge in [-0.3, -0.25) is 9.69 Å². The smallest absolute Gasteiger partial charge is 0.238 e. The number of hydrogen-bond donors (Lipinski definition) is 2. The number of amides is 1. The van der Waals surface area contributed by atoms with Gasteiger partial charge in [0.25, 0.3) is 0 Å². The van der Waals surface area contributed by atoms with Crippen molar-refractivity contribution in [2.75, 3.05) is 25.0 Å². The van der Waals surface area contributed by atoms with Crippen LogP contribution in [0.1, 0.15) is 6.92 Å². The minimum absolute atomic E-state index is 0.0807. The first kappa shape index (κ1) is 12.4. The molecule has 0 aromatic heterocycles. The SMILES string of the molecule is CC1(O)CN(CC(=O)Nc2ccc(Cl)cc2)C1. The van der Waals surface area contributed by atoms with Crippen LogP contribution in [0.3, 0.4) is 0 Å². The molecule has 0 saturated carbocycles. The quantitative estimate of drug-likeness (QED) is 0.856. The third kappa shape index (κ3) is 3.43. The Morgan fingerprint density at radius 3 is 2.59 bits per heavy atom. The zero-order valence-corrected chi connectivity index (χ0v) is 10.4. The van der Waals surface area contributed by atoms with Gasteiger partial charge in [0.2, 0.25) is 5.91 Å². The maximum Gasteiger partial charge on any atom is 0.238 e. The van der Waals surface area contributed by atoms with E-state index in [1.165, 1.54) is 0 Å². The standard InChI is InChI=1S/C12H15ClN2O2/c1-12(17)7-15(8-12)6-11(16)14-10-4-2-9(13)3-5-10/h2-5,17H,6-8H2,1H3,(H,14,16). The minimum atomic E-state index is -0.638. The van der Waals surface area contributed by atoms with Crippen LogP contribution in [-0.2, 0) is 4.79 Å². The Morgan fingerprint density at radius 2 is 2.06 bits per heavy atom. The lowest BCUT2D eigenvalue weighted by Crippen LogP contribution is -2.61. The molecule has 0 unspecified atom stereocenters. The highest BCUT2D eigenvalue weighted by Gasteiger charge is 2.37. The number of aliphatic hydroxyl groups is 1. The summed E-state index contributed by atoms with van der Waals surface area (Å²) < 4.78 is 0. The monoisotopic (exact) mass is 254 g/mol. The first-order valence-electron chi connectivity index (χ1n) is 5.45. The number of nitrogens with zero attached hydrogens (tertiary/aromatic N) is 1. The van der Waals surface area contributed by atoms with Crippen LogP contribution in [0.2, 0.25) is 5.02 Å². The molecule has 1 amide bonds. The summed E-state index contributed by atoms with van der Waals surface area (Å²) in [5.74, 6) is -0.0807. The number of β-amino-alcohol motifs (C(OH)–C–C–N with tert-alkyl or cyclic N) is 1. The fraction of sp³-hybridized carbons (Fsp3) is 0.417. The highest BCUT2D eigenvalue weighted by atomic mass is 35.5. The van der Waals surface area contributed by atoms with E-state index in [2.05, 4.69) is 5.32 Å². The Kier molecular flexibility index (Phi) is 3.38. The van der Waals surface area contributed by atoms with E-state index < -0.39 is 5.60 Å². The Labute approximate surface area is 105 Å². The zero-order valence-electron chi connectivity index (χ0n) is 9.61. The fourth-order valence-electron chi connectivity index (χ4n) is 1.97. The normalized spacial score (nSPS) is 18.5. The number of nitrogens with one attached hydrogen (secondary N) is 1. The van der Waals surface area contributed by atoms with Crippen LogP contribution in [0.25, 0.3) is 0 Å². The summed E-state index contributed by atoms with van der Waals surface area (Å²) in [4.78, 5) is 13.5. The molecular weight excluding hydrogens is 240 g/mol. The summed E-state index contributed by atoms with van der Waals surface area (Å²) in [5, 5.41) is 12.9. The second-order valence-corrected chi connectivity index (χ2v) is 5.13. The molecule has 5 heteroatoms. The Hall–Kier alpha value is -1.10. The Morgan fingerprint density at radius 1 is 1.47 bits per heavy atom. The van der Waals surface area contributed by atoms with Crippen LogP contribution in [0.5, 0.6) is 0 Å². The summed E-state index contributed by atoms with van der Waals surface area (Å²) in [6, 6.07) is 6.97. The molecule has 0 radical (unpaired) electrons. The van der Waals surface area contributed by atoms with Crippen LogP contribution in [0, 0.1) is 0 Å². The van der Waals surface area contributed by atoms with E-state index in [0.717, 1.165) is 5.69 Å². The predicted molar refractivity (Wildman–Crippen MR) is 67.1 cm³/mol. The molecule has 0 aliphatic carbocycles. The summed E-state index contributed by atoms with van der Waals surface area (Å²) in [6.45, 7) is 3.15. The van der Waals surface area contributed by atoms with E-state index in [9.17, 15) is 9.90 Å². The second-order valence-electron chi connectivity index (χ2n) is 4.70. The summed E-state index contributed by atoms with van der Waals surface area (Å²) in [6.07, 6.45) is 0. The van der Waals surface area contributed by atoms with E-state index in [1.54, 1.807) is 31.2 Å².